The van der Waals surface area contributed by atoms with Crippen LogP contribution in [0, 0.1) is 17.3 Å². The molecule has 1 heterocycles. The zero-order chi connectivity index (χ0) is 23.0. The molecule has 0 radical (unpaired) electrons. The summed E-state index contributed by atoms with van der Waals surface area (Å²) < 4.78 is 11.7. The average molecular weight is 450 g/mol. The van der Waals surface area contributed by atoms with Crippen molar-refractivity contribution in [2.75, 3.05) is 19.0 Å². The predicted molar refractivity (Wildman–Crippen MR) is 127 cm³/mol. The summed E-state index contributed by atoms with van der Waals surface area (Å²) in [6.07, 6.45) is 9.42. The minimum atomic E-state index is -0.895. The van der Waals surface area contributed by atoms with Crippen LogP contribution in [-0.2, 0) is 14.3 Å². The van der Waals surface area contributed by atoms with Crippen molar-refractivity contribution in [2.45, 2.75) is 75.6 Å². The molecule has 1 N–H and O–H groups in total. The van der Waals surface area contributed by atoms with E-state index in [4.69, 9.17) is 9.47 Å². The van der Waals surface area contributed by atoms with E-state index in [0.29, 0.717) is 30.5 Å². The van der Waals surface area contributed by atoms with Crippen molar-refractivity contribution >= 4 is 11.5 Å². The fraction of sp³-hybridized carbons (Fsp3) is 0.607. The van der Waals surface area contributed by atoms with Crippen LogP contribution in [0.2, 0.25) is 0 Å². The Morgan fingerprint density at radius 2 is 1.76 bits per heavy atom. The minimum absolute atomic E-state index is 0.175. The number of fused-ring (bicyclic) bond motifs is 4. The zero-order valence-corrected chi connectivity index (χ0v) is 20.0. The lowest BCUT2D eigenvalue weighted by Crippen LogP contribution is -2.53. The Balaban J connectivity index is 1.46. The van der Waals surface area contributed by atoms with Gasteiger partial charge in [0.2, 0.25) is 0 Å². The summed E-state index contributed by atoms with van der Waals surface area (Å²) in [7, 11) is 4.11. The number of rotatable bonds is 2. The molecule has 4 aliphatic carbocycles. The summed E-state index contributed by atoms with van der Waals surface area (Å²) in [5, 5.41) is 12.0. The summed E-state index contributed by atoms with van der Waals surface area (Å²) in [5.74, 6) is 0.663. The Labute approximate surface area is 196 Å². The van der Waals surface area contributed by atoms with Crippen LogP contribution in [0.1, 0.15) is 69.8 Å². The lowest BCUT2D eigenvalue weighted by molar-refractivity contribution is -0.196. The zero-order valence-electron chi connectivity index (χ0n) is 20.0. The highest BCUT2D eigenvalue weighted by Gasteiger charge is 2.60. The second kappa shape index (κ2) is 7.11. The fourth-order valence-corrected chi connectivity index (χ4v) is 7.88. The third-order valence-electron chi connectivity index (χ3n) is 9.56. The summed E-state index contributed by atoms with van der Waals surface area (Å²) in [6, 6.07) is 8.83. The standard InChI is InChI=1S/C28H35NO4/c1-26-16-21(18-4-6-19(7-5-18)29(2)3)25-20(22(26)8-9-24(26)30)10-12-27(31)17-28(13-11-23(25)27)32-14-15-33-28/h4-7,14-15,20-22,31H,8-13,16-17H2,1-3H3/t20?,21-,22?,26+,27-/m1/s1. The highest BCUT2D eigenvalue weighted by molar-refractivity contribution is 5.87. The molecule has 3 fully saturated rings. The van der Waals surface area contributed by atoms with E-state index >= 15 is 0 Å². The minimum Gasteiger partial charge on any atom is -0.457 e. The number of hydrogen-bond donors (Lipinski definition) is 1. The maximum absolute atomic E-state index is 13.1. The maximum atomic E-state index is 13.1. The van der Waals surface area contributed by atoms with Crippen LogP contribution in [0.4, 0.5) is 5.69 Å². The van der Waals surface area contributed by atoms with Gasteiger partial charge in [0, 0.05) is 44.0 Å². The first kappa shape index (κ1) is 21.3. The molecule has 1 aromatic carbocycles. The van der Waals surface area contributed by atoms with Crippen molar-refractivity contribution in [1.82, 2.24) is 0 Å². The van der Waals surface area contributed by atoms with Gasteiger partial charge in [0.25, 0.3) is 5.79 Å². The molecule has 0 aromatic heterocycles. The lowest BCUT2D eigenvalue weighted by atomic mass is 9.51. The summed E-state index contributed by atoms with van der Waals surface area (Å²) in [5.41, 5.74) is 3.94. The van der Waals surface area contributed by atoms with Gasteiger partial charge < -0.3 is 19.5 Å². The number of benzene rings is 1. The van der Waals surface area contributed by atoms with E-state index in [9.17, 15) is 9.90 Å². The number of aliphatic hydroxyl groups is 1. The predicted octanol–water partition coefficient (Wildman–Crippen LogP) is 5.06. The van der Waals surface area contributed by atoms with E-state index in [2.05, 4.69) is 50.2 Å². The van der Waals surface area contributed by atoms with E-state index in [1.165, 1.54) is 22.4 Å². The van der Waals surface area contributed by atoms with Gasteiger partial charge in [-0.2, -0.15) is 0 Å². The molecule has 1 spiro atoms. The Kier molecular flexibility index (Phi) is 4.59. The Bertz CT molecular complexity index is 1030. The van der Waals surface area contributed by atoms with Gasteiger partial charge in [0.15, 0.2) is 0 Å². The van der Waals surface area contributed by atoms with Crippen LogP contribution in [0.3, 0.4) is 0 Å². The summed E-state index contributed by atoms with van der Waals surface area (Å²) >= 11 is 0. The van der Waals surface area contributed by atoms with Gasteiger partial charge in [-0.25, -0.2) is 0 Å². The van der Waals surface area contributed by atoms with Gasteiger partial charge in [-0.15, -0.1) is 0 Å². The fourth-order valence-electron chi connectivity index (χ4n) is 7.88. The second-order valence-corrected chi connectivity index (χ2v) is 11.4. The van der Waals surface area contributed by atoms with E-state index in [1.807, 2.05) is 0 Å². The van der Waals surface area contributed by atoms with Crippen LogP contribution in [0.25, 0.3) is 0 Å². The van der Waals surface area contributed by atoms with Crippen molar-refractivity contribution in [3.8, 4) is 0 Å². The molecule has 3 saturated carbocycles. The third kappa shape index (κ3) is 3.04. The van der Waals surface area contributed by atoms with E-state index in [-0.39, 0.29) is 11.3 Å². The Morgan fingerprint density at radius 3 is 2.45 bits per heavy atom. The molecular formula is C28H35NO4. The van der Waals surface area contributed by atoms with Crippen LogP contribution >= 0.6 is 0 Å². The largest absolute Gasteiger partial charge is 0.457 e. The second-order valence-electron chi connectivity index (χ2n) is 11.4. The molecule has 5 atom stereocenters. The molecule has 0 bridgehead atoms. The van der Waals surface area contributed by atoms with Crippen molar-refractivity contribution in [3.63, 3.8) is 0 Å². The maximum Gasteiger partial charge on any atom is 0.253 e. The van der Waals surface area contributed by atoms with Gasteiger partial charge in [-0.1, -0.05) is 24.6 Å². The van der Waals surface area contributed by atoms with Crippen molar-refractivity contribution in [3.05, 3.63) is 53.5 Å². The molecule has 1 aliphatic heterocycles. The smallest absolute Gasteiger partial charge is 0.253 e. The molecule has 176 valence electrons. The number of anilines is 1. The third-order valence-corrected chi connectivity index (χ3v) is 9.56. The highest BCUT2D eigenvalue weighted by Crippen LogP contribution is 2.64. The number of nitrogens with zero attached hydrogens (tertiary/aromatic N) is 1. The number of ether oxygens (including phenoxy) is 2. The quantitative estimate of drug-likeness (QED) is 0.640. The van der Waals surface area contributed by atoms with Crippen LogP contribution in [0.5, 0.6) is 0 Å². The average Bonchev–Trinajstić information content (AvgIpc) is 3.36. The summed E-state index contributed by atoms with van der Waals surface area (Å²) in [6.45, 7) is 2.22. The van der Waals surface area contributed by atoms with Crippen molar-refractivity contribution in [2.24, 2.45) is 17.3 Å². The normalized spacial score (nSPS) is 38.4. The molecular weight excluding hydrogens is 414 g/mol. The number of ketones is 1. The molecule has 2 unspecified atom stereocenters. The SMILES string of the molecule is CN(C)c1ccc([C@H]2C[C@]3(C)C(=O)CCC3C3CC[C@@]4(O)CC5(CCC4=C32)OC=CO5)cc1. The highest BCUT2D eigenvalue weighted by atomic mass is 16.7. The monoisotopic (exact) mass is 449 g/mol. The number of allylic oxidation sites excluding steroid dienone is 1. The van der Waals surface area contributed by atoms with Gasteiger partial charge in [0.05, 0.1) is 12.0 Å². The number of hydrogen-bond acceptors (Lipinski definition) is 5. The van der Waals surface area contributed by atoms with E-state index in [1.54, 1.807) is 12.5 Å². The molecule has 5 nitrogen and oxygen atoms in total. The van der Waals surface area contributed by atoms with Crippen LogP contribution < -0.4 is 4.90 Å². The van der Waals surface area contributed by atoms with Gasteiger partial charge in [-0.05, 0) is 67.2 Å². The Morgan fingerprint density at radius 1 is 1.03 bits per heavy atom. The molecule has 33 heavy (non-hydrogen) atoms. The van der Waals surface area contributed by atoms with Crippen LogP contribution in [-0.4, -0.2) is 36.4 Å². The van der Waals surface area contributed by atoms with Crippen molar-refractivity contribution in [1.29, 1.82) is 0 Å². The number of Topliss-reactive ketones (excluding diaryl/α,β-unsaturated/α-hetero) is 1. The molecule has 1 aromatic rings. The topological polar surface area (TPSA) is 59.0 Å². The Hall–Kier alpha value is -2.27. The van der Waals surface area contributed by atoms with E-state index < -0.39 is 11.4 Å². The number of carbonyl (C=O) groups is 1. The molecule has 0 saturated heterocycles. The summed E-state index contributed by atoms with van der Waals surface area (Å²) in [4.78, 5) is 15.2. The molecule has 0 amide bonds. The van der Waals surface area contributed by atoms with Gasteiger partial charge in [-0.3, -0.25) is 4.79 Å². The lowest BCUT2D eigenvalue weighted by Gasteiger charge is -2.55. The van der Waals surface area contributed by atoms with Crippen LogP contribution in [0.15, 0.2) is 47.9 Å². The van der Waals surface area contributed by atoms with Gasteiger partial charge in [0.1, 0.15) is 18.3 Å². The number of carbonyl (C=O) groups excluding carboxylic acids is 1. The first-order valence-corrected chi connectivity index (χ1v) is 12.5. The van der Waals surface area contributed by atoms with E-state index in [0.717, 1.165) is 38.5 Å². The first-order chi connectivity index (χ1) is 15.7. The molecule has 6 rings (SSSR count). The van der Waals surface area contributed by atoms with Crippen molar-refractivity contribution < 1.29 is 19.4 Å². The molecule has 5 aliphatic rings. The molecule has 5 heteroatoms. The first-order valence-electron chi connectivity index (χ1n) is 12.5. The van der Waals surface area contributed by atoms with Gasteiger partial charge >= 0.3 is 0 Å².